The molecule has 1 fully saturated rings. The van der Waals surface area contributed by atoms with Crippen LogP contribution < -0.4 is 5.32 Å². The summed E-state index contributed by atoms with van der Waals surface area (Å²) < 4.78 is 19.3. The Kier molecular flexibility index (Phi) is 5.72. The minimum atomic E-state index is -1.10. The molecule has 2 aromatic carbocycles. The topological polar surface area (TPSA) is 78.9 Å². The van der Waals surface area contributed by atoms with Crippen LogP contribution in [0.4, 0.5) is 9.18 Å². The second-order valence-corrected chi connectivity index (χ2v) is 8.03. The van der Waals surface area contributed by atoms with Gasteiger partial charge >= 0.3 is 6.09 Å². The highest BCUT2D eigenvalue weighted by Crippen LogP contribution is 2.36. The summed E-state index contributed by atoms with van der Waals surface area (Å²) in [6, 6.07) is 13.5. The van der Waals surface area contributed by atoms with Gasteiger partial charge in [0.1, 0.15) is 11.9 Å². The molecule has 0 unspecified atom stereocenters. The molecule has 2 N–H and O–H groups in total. The Morgan fingerprint density at radius 2 is 1.90 bits per heavy atom. The van der Waals surface area contributed by atoms with Crippen molar-refractivity contribution in [2.45, 2.75) is 38.0 Å². The molecule has 0 bridgehead atoms. The summed E-state index contributed by atoms with van der Waals surface area (Å²) >= 11 is 0. The smallest absolute Gasteiger partial charge is 0.404 e. The van der Waals surface area contributed by atoms with Crippen LogP contribution in [-0.2, 0) is 16.0 Å². The zero-order valence-corrected chi connectivity index (χ0v) is 16.8. The summed E-state index contributed by atoms with van der Waals surface area (Å²) in [5.41, 5.74) is 3.02. The predicted molar refractivity (Wildman–Crippen MR) is 109 cm³/mol. The van der Waals surface area contributed by atoms with Crippen LogP contribution in [0.15, 0.2) is 48.5 Å². The first-order valence-corrected chi connectivity index (χ1v) is 10.2. The summed E-state index contributed by atoms with van der Waals surface area (Å²) in [4.78, 5) is 26.4. The number of carbonyl (C=O) groups is 2. The Balaban J connectivity index is 1.64. The molecule has 4 rings (SSSR count). The summed E-state index contributed by atoms with van der Waals surface area (Å²) in [6.45, 7) is 2.73. The Bertz CT molecular complexity index is 933. The molecule has 0 saturated carbocycles. The molecule has 0 spiro atoms. The monoisotopic (exact) mass is 412 g/mol. The standard InChI is InChI=1S/C23H25FN2O4/c1-14-13-30-20(12-19(14)25-23(28)29)22(27)26-11-10-15-4-2-3-5-18(15)21(26)16-6-8-17(24)9-7-16/h2-9,14,19-21,25H,10-13H2,1H3,(H,28,29)/t14-,19-,20+,21-/m0/s1. The van der Waals surface area contributed by atoms with Crippen LogP contribution in [0.3, 0.4) is 0 Å². The van der Waals surface area contributed by atoms with E-state index in [1.54, 1.807) is 17.0 Å². The molecule has 2 aliphatic heterocycles. The van der Waals surface area contributed by atoms with Gasteiger partial charge in [0, 0.05) is 19.0 Å². The van der Waals surface area contributed by atoms with Crippen LogP contribution in [0.25, 0.3) is 0 Å². The summed E-state index contributed by atoms with van der Waals surface area (Å²) in [6.07, 6.45) is -0.803. The third-order valence-electron chi connectivity index (χ3n) is 6.05. The number of fused-ring (bicyclic) bond motifs is 1. The molecule has 2 heterocycles. The third kappa shape index (κ3) is 4.03. The quantitative estimate of drug-likeness (QED) is 0.810. The molecule has 2 amide bonds. The molecule has 0 aliphatic carbocycles. The highest BCUT2D eigenvalue weighted by atomic mass is 19.1. The SMILES string of the molecule is C[C@H]1CO[C@@H](C(=O)N2CCc3ccccc3[C@@H]2c2ccc(F)cc2)C[C@@H]1NC(=O)O. The number of hydrogen-bond acceptors (Lipinski definition) is 3. The van der Waals surface area contributed by atoms with Crippen LogP contribution in [-0.4, -0.2) is 47.3 Å². The van der Waals surface area contributed by atoms with Crippen molar-refractivity contribution >= 4 is 12.0 Å². The molecular formula is C23H25FN2O4. The van der Waals surface area contributed by atoms with E-state index < -0.39 is 12.2 Å². The van der Waals surface area contributed by atoms with E-state index in [9.17, 15) is 14.0 Å². The van der Waals surface area contributed by atoms with Crippen molar-refractivity contribution in [2.24, 2.45) is 5.92 Å². The van der Waals surface area contributed by atoms with Gasteiger partial charge in [0.25, 0.3) is 5.91 Å². The number of nitrogens with zero attached hydrogens (tertiary/aromatic N) is 1. The number of benzene rings is 2. The van der Waals surface area contributed by atoms with Gasteiger partial charge < -0.3 is 20.1 Å². The fraction of sp³-hybridized carbons (Fsp3) is 0.391. The number of halogens is 1. The number of amides is 2. The van der Waals surface area contributed by atoms with Gasteiger partial charge in [0.05, 0.1) is 12.6 Å². The van der Waals surface area contributed by atoms with Crippen molar-refractivity contribution in [3.8, 4) is 0 Å². The number of nitrogens with one attached hydrogen (secondary N) is 1. The van der Waals surface area contributed by atoms with E-state index in [-0.39, 0.29) is 29.7 Å². The largest absolute Gasteiger partial charge is 0.465 e. The minimum absolute atomic E-state index is 0.0138. The first kappa shape index (κ1) is 20.3. The minimum Gasteiger partial charge on any atom is -0.465 e. The molecule has 2 aromatic rings. The van der Waals surface area contributed by atoms with E-state index in [2.05, 4.69) is 11.4 Å². The zero-order chi connectivity index (χ0) is 21.3. The van der Waals surface area contributed by atoms with E-state index in [0.717, 1.165) is 17.5 Å². The van der Waals surface area contributed by atoms with Gasteiger partial charge in [-0.25, -0.2) is 9.18 Å². The highest BCUT2D eigenvalue weighted by molar-refractivity contribution is 5.82. The molecule has 158 valence electrons. The number of hydrogen-bond donors (Lipinski definition) is 2. The van der Waals surface area contributed by atoms with Gasteiger partial charge in [-0.3, -0.25) is 4.79 Å². The number of ether oxygens (including phenoxy) is 1. The van der Waals surface area contributed by atoms with Crippen LogP contribution in [0.5, 0.6) is 0 Å². The van der Waals surface area contributed by atoms with Crippen molar-refractivity contribution in [3.63, 3.8) is 0 Å². The average molecular weight is 412 g/mol. The van der Waals surface area contributed by atoms with Crippen LogP contribution in [0, 0.1) is 11.7 Å². The van der Waals surface area contributed by atoms with E-state index >= 15 is 0 Å². The van der Waals surface area contributed by atoms with Crippen LogP contribution in [0.1, 0.15) is 36.1 Å². The average Bonchev–Trinajstić information content (AvgIpc) is 2.74. The Labute approximate surface area is 174 Å². The molecule has 6 nitrogen and oxygen atoms in total. The summed E-state index contributed by atoms with van der Waals surface area (Å²) in [7, 11) is 0. The molecule has 1 saturated heterocycles. The van der Waals surface area contributed by atoms with Crippen LogP contribution in [0.2, 0.25) is 0 Å². The zero-order valence-electron chi connectivity index (χ0n) is 16.8. The molecule has 4 atom stereocenters. The fourth-order valence-electron chi connectivity index (χ4n) is 4.44. The third-order valence-corrected chi connectivity index (χ3v) is 6.05. The van der Waals surface area contributed by atoms with Gasteiger partial charge in [-0.05, 0) is 41.2 Å². The second-order valence-electron chi connectivity index (χ2n) is 8.03. The van der Waals surface area contributed by atoms with Gasteiger partial charge in [0.2, 0.25) is 0 Å². The lowest BCUT2D eigenvalue weighted by atomic mass is 9.87. The Morgan fingerprint density at radius 3 is 2.63 bits per heavy atom. The number of carboxylic acid groups (broad SMARTS) is 1. The maximum atomic E-state index is 13.5. The maximum Gasteiger partial charge on any atom is 0.404 e. The van der Waals surface area contributed by atoms with Crippen molar-refractivity contribution in [3.05, 3.63) is 71.0 Å². The number of rotatable bonds is 3. The Hall–Kier alpha value is -2.93. The normalized spacial score (nSPS) is 26.0. The lowest BCUT2D eigenvalue weighted by molar-refractivity contribution is -0.151. The van der Waals surface area contributed by atoms with Gasteiger partial charge in [0.15, 0.2) is 0 Å². The lowest BCUT2D eigenvalue weighted by Crippen LogP contribution is -2.53. The molecule has 0 radical (unpaired) electrons. The second kappa shape index (κ2) is 8.44. The molecule has 30 heavy (non-hydrogen) atoms. The van der Waals surface area contributed by atoms with Gasteiger partial charge in [-0.2, -0.15) is 0 Å². The summed E-state index contributed by atoms with van der Waals surface area (Å²) in [5.74, 6) is -0.504. The first-order chi connectivity index (χ1) is 14.4. The van der Waals surface area contributed by atoms with Crippen molar-refractivity contribution in [1.82, 2.24) is 10.2 Å². The molecular weight excluding hydrogens is 387 g/mol. The van der Waals surface area contributed by atoms with Crippen LogP contribution >= 0.6 is 0 Å². The first-order valence-electron chi connectivity index (χ1n) is 10.2. The van der Waals surface area contributed by atoms with E-state index in [1.807, 2.05) is 25.1 Å². The van der Waals surface area contributed by atoms with Crippen molar-refractivity contribution in [1.29, 1.82) is 0 Å². The number of carbonyl (C=O) groups excluding carboxylic acids is 1. The summed E-state index contributed by atoms with van der Waals surface area (Å²) in [5, 5.41) is 11.6. The van der Waals surface area contributed by atoms with E-state index in [0.29, 0.717) is 19.6 Å². The van der Waals surface area contributed by atoms with Crippen molar-refractivity contribution in [2.75, 3.05) is 13.2 Å². The van der Waals surface area contributed by atoms with Gasteiger partial charge in [-0.1, -0.05) is 43.3 Å². The lowest BCUT2D eigenvalue weighted by Gasteiger charge is -2.41. The van der Waals surface area contributed by atoms with E-state index in [4.69, 9.17) is 9.84 Å². The Morgan fingerprint density at radius 1 is 1.17 bits per heavy atom. The fourth-order valence-corrected chi connectivity index (χ4v) is 4.44. The van der Waals surface area contributed by atoms with E-state index in [1.165, 1.54) is 17.7 Å². The van der Waals surface area contributed by atoms with Crippen molar-refractivity contribution < 1.29 is 23.8 Å². The van der Waals surface area contributed by atoms with Gasteiger partial charge in [-0.15, -0.1) is 0 Å². The molecule has 0 aromatic heterocycles. The molecule has 7 heteroatoms. The molecule has 2 aliphatic rings. The predicted octanol–water partition coefficient (Wildman–Crippen LogP) is 3.36. The maximum absolute atomic E-state index is 13.5. The highest BCUT2D eigenvalue weighted by Gasteiger charge is 2.39.